The van der Waals surface area contributed by atoms with E-state index in [0.29, 0.717) is 24.5 Å². The van der Waals surface area contributed by atoms with Gasteiger partial charge in [0.25, 0.3) is 0 Å². The number of hydrogen-bond acceptors (Lipinski definition) is 3. The summed E-state index contributed by atoms with van der Waals surface area (Å²) >= 11 is 9.33. The Balaban J connectivity index is 1.68. The molecule has 0 aromatic heterocycles. The summed E-state index contributed by atoms with van der Waals surface area (Å²) in [5, 5.41) is 4.54. The molecule has 2 aromatic carbocycles. The first-order chi connectivity index (χ1) is 11.5. The molecule has 2 rings (SSSR count). The number of hydrazone groups is 1. The molecule has 1 amide bonds. The zero-order valence-electron chi connectivity index (χ0n) is 13.3. The fraction of sp³-hybridized carbons (Fsp3) is 0.222. The molecule has 1 N–H and O–H groups in total. The maximum absolute atomic E-state index is 11.7. The molecule has 24 heavy (non-hydrogen) atoms. The summed E-state index contributed by atoms with van der Waals surface area (Å²) in [5.41, 5.74) is 4.48. The summed E-state index contributed by atoms with van der Waals surface area (Å²) in [6.45, 7) is 2.48. The monoisotopic (exact) mass is 408 g/mol. The van der Waals surface area contributed by atoms with Crippen molar-refractivity contribution in [2.45, 2.75) is 19.8 Å². The molecule has 0 aliphatic heterocycles. The molecule has 0 unspecified atom stereocenters. The first-order valence-corrected chi connectivity index (χ1v) is 8.68. The zero-order chi connectivity index (χ0) is 17.4. The predicted molar refractivity (Wildman–Crippen MR) is 101 cm³/mol. The van der Waals surface area contributed by atoms with Gasteiger partial charge in [0, 0.05) is 11.4 Å². The van der Waals surface area contributed by atoms with E-state index in [1.807, 2.05) is 37.3 Å². The molecule has 0 aliphatic carbocycles. The minimum Gasteiger partial charge on any atom is -0.492 e. The molecule has 4 nitrogen and oxygen atoms in total. The molecule has 0 radical (unpaired) electrons. The van der Waals surface area contributed by atoms with E-state index in [9.17, 15) is 4.79 Å². The van der Waals surface area contributed by atoms with Crippen molar-refractivity contribution in [1.29, 1.82) is 0 Å². The summed E-state index contributed by atoms with van der Waals surface area (Å²) < 4.78 is 6.56. The van der Waals surface area contributed by atoms with Gasteiger partial charge < -0.3 is 4.74 Å². The molecule has 126 valence electrons. The smallest absolute Gasteiger partial charge is 0.240 e. The maximum atomic E-state index is 11.7. The van der Waals surface area contributed by atoms with Crippen molar-refractivity contribution >= 4 is 39.7 Å². The van der Waals surface area contributed by atoms with Crippen molar-refractivity contribution in [2.24, 2.45) is 5.10 Å². The van der Waals surface area contributed by atoms with Crippen LogP contribution in [0.25, 0.3) is 0 Å². The number of nitrogens with zero attached hydrogens (tertiary/aromatic N) is 1. The Morgan fingerprint density at radius 3 is 2.92 bits per heavy atom. The van der Waals surface area contributed by atoms with Crippen LogP contribution in [0.4, 0.5) is 0 Å². The topological polar surface area (TPSA) is 50.7 Å². The van der Waals surface area contributed by atoms with Crippen LogP contribution in [0.5, 0.6) is 5.75 Å². The van der Waals surface area contributed by atoms with Gasteiger partial charge in [0.2, 0.25) is 5.91 Å². The van der Waals surface area contributed by atoms with E-state index in [0.717, 1.165) is 21.3 Å². The Bertz CT molecular complexity index is 735. The van der Waals surface area contributed by atoms with Crippen LogP contribution in [-0.2, 0) is 4.79 Å². The van der Waals surface area contributed by atoms with E-state index < -0.39 is 0 Å². The average molecular weight is 410 g/mol. The highest BCUT2D eigenvalue weighted by Crippen LogP contribution is 2.25. The molecule has 0 spiro atoms. The molecule has 0 saturated carbocycles. The molecule has 6 heteroatoms. The number of carbonyl (C=O) groups excluding carboxylic acids is 1. The Kier molecular flexibility index (Phi) is 7.28. The number of ether oxygens (including phenoxy) is 1. The number of halogens is 2. The van der Waals surface area contributed by atoms with Crippen molar-refractivity contribution < 1.29 is 9.53 Å². The highest BCUT2D eigenvalue weighted by atomic mass is 79.9. The van der Waals surface area contributed by atoms with Gasteiger partial charge in [-0.1, -0.05) is 29.8 Å². The lowest BCUT2D eigenvalue weighted by molar-refractivity contribution is -0.121. The second kappa shape index (κ2) is 9.45. The Morgan fingerprint density at radius 2 is 2.17 bits per heavy atom. The first-order valence-electron chi connectivity index (χ1n) is 7.51. The summed E-state index contributed by atoms with van der Waals surface area (Å²) in [6, 6.07) is 13.1. The maximum Gasteiger partial charge on any atom is 0.240 e. The molecule has 0 heterocycles. The second-order valence-corrected chi connectivity index (χ2v) is 6.52. The number of rotatable bonds is 7. The number of aryl methyl sites for hydroxylation is 1. The van der Waals surface area contributed by atoms with Crippen LogP contribution < -0.4 is 10.2 Å². The predicted octanol–water partition coefficient (Wildman–Crippen LogP) is 4.72. The lowest BCUT2D eigenvalue weighted by Gasteiger charge is -2.08. The third-order valence-corrected chi connectivity index (χ3v) is 4.00. The Labute approximate surface area is 155 Å². The van der Waals surface area contributed by atoms with Crippen molar-refractivity contribution in [3.05, 3.63) is 63.1 Å². The average Bonchev–Trinajstić information content (AvgIpc) is 2.53. The van der Waals surface area contributed by atoms with E-state index in [-0.39, 0.29) is 5.91 Å². The normalized spacial score (nSPS) is 10.8. The summed E-state index contributed by atoms with van der Waals surface area (Å²) in [7, 11) is 0. The standard InChI is InChI=1S/C18H18BrClN2O2/c1-13-7-8-17(16(19)10-13)24-9-3-6-18(23)22-21-12-14-4-2-5-15(20)11-14/h2,4-5,7-8,10-12H,3,6,9H2,1H3,(H,22,23)/b21-12+. The molecule has 0 fully saturated rings. The minimum absolute atomic E-state index is 0.153. The van der Waals surface area contributed by atoms with E-state index in [1.54, 1.807) is 18.3 Å². The first kappa shape index (κ1) is 18.5. The molecule has 0 atom stereocenters. The van der Waals surface area contributed by atoms with Crippen molar-refractivity contribution in [1.82, 2.24) is 5.43 Å². The van der Waals surface area contributed by atoms with Gasteiger partial charge in [0.15, 0.2) is 0 Å². The van der Waals surface area contributed by atoms with E-state index in [1.165, 1.54) is 0 Å². The molecular formula is C18H18BrClN2O2. The van der Waals surface area contributed by atoms with Crippen molar-refractivity contribution in [3.8, 4) is 5.75 Å². The zero-order valence-corrected chi connectivity index (χ0v) is 15.6. The SMILES string of the molecule is Cc1ccc(OCCCC(=O)N/N=C/c2cccc(Cl)c2)c(Br)c1. The van der Waals surface area contributed by atoms with Crippen LogP contribution in [0.3, 0.4) is 0 Å². The van der Waals surface area contributed by atoms with Crippen LogP contribution in [0.15, 0.2) is 52.0 Å². The molecule has 0 aliphatic rings. The van der Waals surface area contributed by atoms with Gasteiger partial charge in [-0.2, -0.15) is 5.10 Å². The van der Waals surface area contributed by atoms with Gasteiger partial charge in [-0.3, -0.25) is 4.79 Å². The largest absolute Gasteiger partial charge is 0.492 e. The molecule has 0 saturated heterocycles. The lowest BCUT2D eigenvalue weighted by atomic mass is 10.2. The van der Waals surface area contributed by atoms with Gasteiger partial charge in [-0.05, 0) is 64.7 Å². The van der Waals surface area contributed by atoms with E-state index in [2.05, 4.69) is 26.5 Å². The van der Waals surface area contributed by atoms with Gasteiger partial charge in [-0.25, -0.2) is 5.43 Å². The highest BCUT2D eigenvalue weighted by molar-refractivity contribution is 9.10. The van der Waals surface area contributed by atoms with E-state index in [4.69, 9.17) is 16.3 Å². The summed E-state index contributed by atoms with van der Waals surface area (Å²) in [5.74, 6) is 0.625. The van der Waals surface area contributed by atoms with Crippen LogP contribution >= 0.6 is 27.5 Å². The quantitative estimate of drug-likeness (QED) is 0.409. The number of carbonyl (C=O) groups is 1. The van der Waals surface area contributed by atoms with Crippen LogP contribution in [-0.4, -0.2) is 18.7 Å². The number of hydrogen-bond donors (Lipinski definition) is 1. The number of amides is 1. The van der Waals surface area contributed by atoms with Gasteiger partial charge in [0.1, 0.15) is 5.75 Å². The van der Waals surface area contributed by atoms with Gasteiger partial charge in [0.05, 0.1) is 17.3 Å². The minimum atomic E-state index is -0.153. The fourth-order valence-electron chi connectivity index (χ4n) is 1.96. The van der Waals surface area contributed by atoms with E-state index >= 15 is 0 Å². The third kappa shape index (κ3) is 6.34. The highest BCUT2D eigenvalue weighted by Gasteiger charge is 2.03. The lowest BCUT2D eigenvalue weighted by Crippen LogP contribution is -2.18. The summed E-state index contributed by atoms with van der Waals surface area (Å²) in [4.78, 5) is 11.7. The fourth-order valence-corrected chi connectivity index (χ4v) is 2.77. The third-order valence-electron chi connectivity index (χ3n) is 3.14. The second-order valence-electron chi connectivity index (χ2n) is 5.23. The van der Waals surface area contributed by atoms with Crippen molar-refractivity contribution in [3.63, 3.8) is 0 Å². The number of nitrogens with one attached hydrogen (secondary N) is 1. The van der Waals surface area contributed by atoms with Crippen molar-refractivity contribution in [2.75, 3.05) is 6.61 Å². The van der Waals surface area contributed by atoms with Crippen LogP contribution in [0, 0.1) is 6.92 Å². The Hall–Kier alpha value is -1.85. The Morgan fingerprint density at radius 1 is 1.33 bits per heavy atom. The summed E-state index contributed by atoms with van der Waals surface area (Å²) in [6.07, 6.45) is 2.51. The molecule has 0 bridgehead atoms. The number of benzene rings is 2. The van der Waals surface area contributed by atoms with Crippen LogP contribution in [0.2, 0.25) is 5.02 Å². The molecule has 2 aromatic rings. The van der Waals surface area contributed by atoms with Gasteiger partial charge in [-0.15, -0.1) is 0 Å². The molecular weight excluding hydrogens is 392 g/mol. The van der Waals surface area contributed by atoms with Gasteiger partial charge >= 0.3 is 0 Å². The van der Waals surface area contributed by atoms with Crippen LogP contribution in [0.1, 0.15) is 24.0 Å².